The molecule has 2 N–H and O–H groups in total. The van der Waals surface area contributed by atoms with Gasteiger partial charge in [0.15, 0.2) is 5.96 Å². The number of aromatic nitrogens is 1. The second-order valence-electron chi connectivity index (χ2n) is 6.65. The topological polar surface area (TPSA) is 61.8 Å². The highest BCUT2D eigenvalue weighted by Crippen LogP contribution is 2.24. The van der Waals surface area contributed by atoms with Crippen molar-refractivity contribution in [3.8, 4) is 5.75 Å². The minimum atomic E-state index is -2.89. The molecule has 1 aromatic carbocycles. The summed E-state index contributed by atoms with van der Waals surface area (Å²) < 4.78 is 29.8. The highest BCUT2D eigenvalue weighted by molar-refractivity contribution is 14.0. The molecule has 6 nitrogen and oxygen atoms in total. The van der Waals surface area contributed by atoms with Gasteiger partial charge in [0.1, 0.15) is 11.6 Å². The molecule has 0 saturated carbocycles. The molecule has 0 amide bonds. The Labute approximate surface area is 197 Å². The number of nitrogens with zero attached hydrogens (tertiary/aromatic N) is 3. The van der Waals surface area contributed by atoms with Gasteiger partial charge in [0.05, 0.1) is 0 Å². The van der Waals surface area contributed by atoms with Crippen molar-refractivity contribution in [2.24, 2.45) is 4.99 Å². The number of aliphatic imine (C=N–C) groups is 1. The molecule has 2 heterocycles. The lowest BCUT2D eigenvalue weighted by Crippen LogP contribution is -2.48. The van der Waals surface area contributed by atoms with E-state index in [1.807, 2.05) is 18.2 Å². The molecule has 0 radical (unpaired) electrons. The van der Waals surface area contributed by atoms with Gasteiger partial charge in [-0.1, -0.05) is 17.7 Å². The van der Waals surface area contributed by atoms with Crippen molar-refractivity contribution < 1.29 is 13.5 Å². The number of pyridine rings is 1. The molecule has 0 bridgehead atoms. The first-order valence-electron chi connectivity index (χ1n) is 9.41. The van der Waals surface area contributed by atoms with E-state index in [0.29, 0.717) is 16.5 Å². The fourth-order valence-electron chi connectivity index (χ4n) is 3.26. The Morgan fingerprint density at radius 3 is 2.70 bits per heavy atom. The number of alkyl halides is 2. The van der Waals surface area contributed by atoms with E-state index in [1.165, 1.54) is 12.1 Å². The molecule has 1 aromatic heterocycles. The molecule has 3 rings (SSSR count). The largest absolute Gasteiger partial charge is 0.434 e. The number of hydrogen-bond acceptors (Lipinski definition) is 4. The van der Waals surface area contributed by atoms with Crippen molar-refractivity contribution in [1.82, 2.24) is 15.6 Å². The zero-order chi connectivity index (χ0) is 20.6. The second kappa shape index (κ2) is 12.1. The zero-order valence-corrected chi connectivity index (χ0v) is 19.6. The van der Waals surface area contributed by atoms with E-state index in [1.54, 1.807) is 19.3 Å². The third-order valence-corrected chi connectivity index (χ3v) is 4.95. The van der Waals surface area contributed by atoms with Crippen LogP contribution in [0.2, 0.25) is 5.02 Å². The van der Waals surface area contributed by atoms with Crippen LogP contribution in [0.4, 0.5) is 14.6 Å². The zero-order valence-electron chi connectivity index (χ0n) is 16.5. The van der Waals surface area contributed by atoms with Gasteiger partial charge in [-0.3, -0.25) is 4.99 Å². The summed E-state index contributed by atoms with van der Waals surface area (Å²) in [5.74, 6) is 1.68. The maximum Gasteiger partial charge on any atom is 0.387 e. The van der Waals surface area contributed by atoms with Gasteiger partial charge < -0.3 is 20.3 Å². The first-order valence-corrected chi connectivity index (χ1v) is 9.79. The maximum atomic E-state index is 12.6. The van der Waals surface area contributed by atoms with Crippen LogP contribution in [0.15, 0.2) is 47.6 Å². The fourth-order valence-corrected chi connectivity index (χ4v) is 3.45. The van der Waals surface area contributed by atoms with Gasteiger partial charge in [-0.2, -0.15) is 8.78 Å². The number of hydrogen-bond donors (Lipinski definition) is 2. The second-order valence-corrected chi connectivity index (χ2v) is 7.09. The van der Waals surface area contributed by atoms with Crippen LogP contribution in [-0.2, 0) is 6.54 Å². The summed E-state index contributed by atoms with van der Waals surface area (Å²) in [4.78, 5) is 10.9. The SMILES string of the molecule is CN=C(NCc1cc(Cl)ccc1OC(F)F)NC1CCN(c2ccccn2)CC1.I. The summed E-state index contributed by atoms with van der Waals surface area (Å²) in [5.41, 5.74) is 0.533. The van der Waals surface area contributed by atoms with Crippen molar-refractivity contribution in [2.75, 3.05) is 25.0 Å². The smallest absolute Gasteiger partial charge is 0.387 e. The molecule has 0 atom stereocenters. The Balaban J connectivity index is 0.00000320. The quantitative estimate of drug-likeness (QED) is 0.319. The van der Waals surface area contributed by atoms with Crippen LogP contribution >= 0.6 is 35.6 Å². The van der Waals surface area contributed by atoms with Crippen molar-refractivity contribution >= 4 is 47.4 Å². The molecule has 0 unspecified atom stereocenters. The predicted molar refractivity (Wildman–Crippen MR) is 126 cm³/mol. The van der Waals surface area contributed by atoms with Crippen LogP contribution in [0.1, 0.15) is 18.4 Å². The molecule has 0 spiro atoms. The molecule has 2 aromatic rings. The maximum absolute atomic E-state index is 12.6. The average Bonchev–Trinajstić information content (AvgIpc) is 2.73. The van der Waals surface area contributed by atoms with Crippen LogP contribution < -0.4 is 20.3 Å². The van der Waals surface area contributed by atoms with Crippen molar-refractivity contribution in [3.05, 3.63) is 53.2 Å². The highest BCUT2D eigenvalue weighted by atomic mass is 127. The minimum Gasteiger partial charge on any atom is -0.434 e. The summed E-state index contributed by atoms with van der Waals surface area (Å²) in [5, 5.41) is 6.99. The first kappa shape index (κ1) is 24.4. The van der Waals surface area contributed by atoms with Gasteiger partial charge in [0, 0.05) is 49.5 Å². The molecule has 1 fully saturated rings. The molecule has 30 heavy (non-hydrogen) atoms. The van der Waals surface area contributed by atoms with E-state index in [2.05, 4.69) is 30.2 Å². The highest BCUT2D eigenvalue weighted by Gasteiger charge is 2.21. The predicted octanol–water partition coefficient (Wildman–Crippen LogP) is 4.29. The lowest BCUT2D eigenvalue weighted by atomic mass is 10.1. The fraction of sp³-hybridized carbons (Fsp3) is 0.400. The lowest BCUT2D eigenvalue weighted by molar-refractivity contribution is -0.0504. The lowest BCUT2D eigenvalue weighted by Gasteiger charge is -2.33. The molecular weight excluding hydrogens is 527 g/mol. The van der Waals surface area contributed by atoms with Crippen LogP contribution in [0.25, 0.3) is 0 Å². The number of benzene rings is 1. The summed E-state index contributed by atoms with van der Waals surface area (Å²) in [6.07, 6.45) is 3.68. The summed E-state index contributed by atoms with van der Waals surface area (Å²) >= 11 is 6.00. The number of piperidine rings is 1. The third-order valence-electron chi connectivity index (χ3n) is 4.72. The van der Waals surface area contributed by atoms with E-state index in [9.17, 15) is 8.78 Å². The minimum absolute atomic E-state index is 0. The van der Waals surface area contributed by atoms with Gasteiger partial charge in [-0.05, 0) is 43.2 Å². The van der Waals surface area contributed by atoms with E-state index >= 15 is 0 Å². The molecule has 1 aliphatic rings. The Kier molecular flexibility index (Phi) is 9.83. The van der Waals surface area contributed by atoms with Gasteiger partial charge in [0.25, 0.3) is 0 Å². The Bertz CT molecular complexity index is 820. The van der Waals surface area contributed by atoms with E-state index < -0.39 is 6.61 Å². The van der Waals surface area contributed by atoms with Crippen LogP contribution in [-0.4, -0.2) is 43.7 Å². The number of guanidine groups is 1. The number of ether oxygens (including phenoxy) is 1. The van der Waals surface area contributed by atoms with Gasteiger partial charge in [-0.15, -0.1) is 24.0 Å². The summed E-state index contributed by atoms with van der Waals surface area (Å²) in [6.45, 7) is -0.843. The Hall–Kier alpha value is -1.88. The average molecular weight is 552 g/mol. The number of halogens is 4. The number of nitrogens with one attached hydrogen (secondary N) is 2. The van der Waals surface area contributed by atoms with Crippen molar-refractivity contribution in [1.29, 1.82) is 0 Å². The molecule has 164 valence electrons. The summed E-state index contributed by atoms with van der Waals surface area (Å²) in [7, 11) is 1.67. The molecular formula is C20H25ClF2IN5O. The third kappa shape index (κ3) is 7.12. The van der Waals surface area contributed by atoms with E-state index in [4.69, 9.17) is 11.6 Å². The number of anilines is 1. The van der Waals surface area contributed by atoms with Crippen LogP contribution in [0, 0.1) is 0 Å². The van der Waals surface area contributed by atoms with Crippen molar-refractivity contribution in [2.45, 2.75) is 32.0 Å². The molecule has 1 aliphatic heterocycles. The standard InChI is InChI=1S/C20H24ClF2N5O.HI/c1-24-20(26-13-14-12-15(21)5-6-17(14)29-19(22)23)27-16-7-10-28(11-8-16)18-4-2-3-9-25-18;/h2-6,9,12,16,19H,7-8,10-11,13H2,1H3,(H2,24,26,27);1H. The Morgan fingerprint density at radius 1 is 1.30 bits per heavy atom. The van der Waals surface area contributed by atoms with Crippen LogP contribution in [0.3, 0.4) is 0 Å². The van der Waals surface area contributed by atoms with E-state index in [-0.39, 0.29) is 42.3 Å². The molecule has 10 heteroatoms. The number of rotatable bonds is 6. The van der Waals surface area contributed by atoms with E-state index in [0.717, 1.165) is 31.7 Å². The molecule has 1 saturated heterocycles. The monoisotopic (exact) mass is 551 g/mol. The van der Waals surface area contributed by atoms with Crippen molar-refractivity contribution in [3.63, 3.8) is 0 Å². The molecule has 0 aliphatic carbocycles. The van der Waals surface area contributed by atoms with Gasteiger partial charge >= 0.3 is 6.61 Å². The van der Waals surface area contributed by atoms with Crippen LogP contribution in [0.5, 0.6) is 5.75 Å². The normalized spacial score (nSPS) is 15.0. The summed E-state index contributed by atoms with van der Waals surface area (Å²) in [6, 6.07) is 10.7. The van der Waals surface area contributed by atoms with Gasteiger partial charge in [0.2, 0.25) is 0 Å². The Morgan fingerprint density at radius 2 is 2.07 bits per heavy atom. The first-order chi connectivity index (χ1) is 14.0. The van der Waals surface area contributed by atoms with Gasteiger partial charge in [-0.25, -0.2) is 4.98 Å².